The fourth-order valence-corrected chi connectivity index (χ4v) is 6.19. The Kier molecular flexibility index (Phi) is 9.50. The highest BCUT2D eigenvalue weighted by Gasteiger charge is 2.54. The van der Waals surface area contributed by atoms with Crippen LogP contribution in [-0.4, -0.2) is 99.8 Å². The zero-order chi connectivity index (χ0) is 31.3. The standard InChI is InChI=1S/C32H41N7O5/c1-36-21-34-20-25(36)19-27(33)29(41)35-28(18-23-8-10-26(44-2)11-9-23)30(42)37-14-12-32(13-15-37)31(43)38(16-17-40)22-39(32)24-6-4-3-5-7-24/h3-11,20-21,27-28,40H,12-19,22,33H2,1-2H3,(H,35,41). The molecule has 0 radical (unpaired) electrons. The van der Waals surface area contributed by atoms with E-state index in [1.807, 2.05) is 61.6 Å². The maximum Gasteiger partial charge on any atom is 0.250 e. The Bertz CT molecular complexity index is 1440. The number of benzene rings is 2. The Hall–Kier alpha value is -4.42. The van der Waals surface area contributed by atoms with E-state index in [-0.39, 0.29) is 37.8 Å². The van der Waals surface area contributed by atoms with Crippen LogP contribution >= 0.6 is 0 Å². The zero-order valence-corrected chi connectivity index (χ0v) is 25.3. The summed E-state index contributed by atoms with van der Waals surface area (Å²) in [5.41, 5.74) is 8.06. The van der Waals surface area contributed by atoms with Gasteiger partial charge in [-0.3, -0.25) is 14.4 Å². The average molecular weight is 604 g/mol. The van der Waals surface area contributed by atoms with Crippen molar-refractivity contribution in [1.29, 1.82) is 0 Å². The van der Waals surface area contributed by atoms with Gasteiger partial charge in [-0.1, -0.05) is 30.3 Å². The van der Waals surface area contributed by atoms with E-state index in [1.54, 1.807) is 34.0 Å². The van der Waals surface area contributed by atoms with Crippen molar-refractivity contribution in [3.05, 3.63) is 78.4 Å². The van der Waals surface area contributed by atoms with Gasteiger partial charge in [-0.25, -0.2) is 4.98 Å². The topological polar surface area (TPSA) is 146 Å². The minimum absolute atomic E-state index is 0.0354. The molecule has 2 aliphatic heterocycles. The van der Waals surface area contributed by atoms with Gasteiger partial charge in [0.2, 0.25) is 17.7 Å². The summed E-state index contributed by atoms with van der Waals surface area (Å²) < 4.78 is 7.08. The first-order chi connectivity index (χ1) is 21.3. The number of para-hydroxylation sites is 1. The van der Waals surface area contributed by atoms with E-state index in [0.717, 1.165) is 16.9 Å². The minimum atomic E-state index is -0.866. The lowest BCUT2D eigenvalue weighted by molar-refractivity contribution is -0.141. The molecule has 0 aliphatic carbocycles. The summed E-state index contributed by atoms with van der Waals surface area (Å²) in [6.07, 6.45) is 4.72. The Morgan fingerprint density at radius 2 is 1.80 bits per heavy atom. The van der Waals surface area contributed by atoms with Gasteiger partial charge < -0.3 is 40.2 Å². The van der Waals surface area contributed by atoms with Gasteiger partial charge in [0.15, 0.2) is 0 Å². The Morgan fingerprint density at radius 1 is 1.09 bits per heavy atom. The summed E-state index contributed by atoms with van der Waals surface area (Å²) in [6, 6.07) is 15.4. The summed E-state index contributed by atoms with van der Waals surface area (Å²) in [5, 5.41) is 12.5. The van der Waals surface area contributed by atoms with Gasteiger partial charge in [0, 0.05) is 57.1 Å². The summed E-state index contributed by atoms with van der Waals surface area (Å²) in [6.45, 7) is 1.20. The van der Waals surface area contributed by atoms with Crippen molar-refractivity contribution in [2.45, 2.75) is 43.3 Å². The van der Waals surface area contributed by atoms with Gasteiger partial charge in [0.25, 0.3) is 0 Å². The number of nitrogens with zero attached hydrogens (tertiary/aromatic N) is 5. The van der Waals surface area contributed by atoms with E-state index in [1.165, 1.54) is 0 Å². The van der Waals surface area contributed by atoms with E-state index in [4.69, 9.17) is 10.5 Å². The molecule has 0 saturated carbocycles. The second-order valence-corrected chi connectivity index (χ2v) is 11.5. The van der Waals surface area contributed by atoms with Crippen LogP contribution in [0.5, 0.6) is 5.75 Å². The van der Waals surface area contributed by atoms with Crippen LogP contribution in [0, 0.1) is 0 Å². The second kappa shape index (κ2) is 13.5. The Morgan fingerprint density at radius 3 is 2.41 bits per heavy atom. The highest BCUT2D eigenvalue weighted by atomic mass is 16.5. The number of piperidine rings is 1. The van der Waals surface area contributed by atoms with Crippen molar-refractivity contribution in [2.24, 2.45) is 12.8 Å². The van der Waals surface area contributed by atoms with E-state index in [2.05, 4.69) is 15.2 Å². The number of hydrogen-bond acceptors (Lipinski definition) is 8. The molecule has 44 heavy (non-hydrogen) atoms. The van der Waals surface area contributed by atoms with Gasteiger partial charge in [-0.2, -0.15) is 0 Å². The molecule has 0 bridgehead atoms. The first-order valence-corrected chi connectivity index (χ1v) is 14.9. The number of amides is 3. The molecule has 5 rings (SSSR count). The molecule has 12 nitrogen and oxygen atoms in total. The number of aliphatic hydroxyl groups excluding tert-OH is 1. The molecule has 234 valence electrons. The summed E-state index contributed by atoms with van der Waals surface area (Å²) in [5.74, 6) is 0.0134. The molecule has 3 heterocycles. The number of hydrogen-bond donors (Lipinski definition) is 3. The molecule has 2 aromatic carbocycles. The van der Waals surface area contributed by atoms with Crippen LogP contribution < -0.4 is 20.7 Å². The van der Waals surface area contributed by atoms with Crippen LogP contribution in [0.2, 0.25) is 0 Å². The number of methoxy groups -OCH3 is 1. The number of aryl methyl sites for hydroxylation is 1. The predicted octanol–water partition coefficient (Wildman–Crippen LogP) is 0.686. The number of nitrogens with two attached hydrogens (primary N) is 1. The minimum Gasteiger partial charge on any atom is -0.497 e. The number of aliphatic hydroxyl groups is 1. The monoisotopic (exact) mass is 603 g/mol. The van der Waals surface area contributed by atoms with Gasteiger partial charge >= 0.3 is 0 Å². The van der Waals surface area contributed by atoms with E-state index in [0.29, 0.717) is 38.3 Å². The third-order valence-electron chi connectivity index (χ3n) is 8.75. The summed E-state index contributed by atoms with van der Waals surface area (Å²) >= 11 is 0. The Balaban J connectivity index is 1.33. The number of rotatable bonds is 11. The number of carbonyl (C=O) groups is 3. The van der Waals surface area contributed by atoms with Crippen molar-refractivity contribution in [3.63, 3.8) is 0 Å². The number of nitrogens with one attached hydrogen (secondary N) is 1. The lowest BCUT2D eigenvalue weighted by Crippen LogP contribution is -2.60. The first-order valence-electron chi connectivity index (χ1n) is 14.9. The summed E-state index contributed by atoms with van der Waals surface area (Å²) in [7, 11) is 3.43. The summed E-state index contributed by atoms with van der Waals surface area (Å²) in [4.78, 5) is 50.6. The van der Waals surface area contributed by atoms with Crippen molar-refractivity contribution >= 4 is 23.4 Å². The molecule has 1 spiro atoms. The molecule has 2 saturated heterocycles. The third-order valence-corrected chi connectivity index (χ3v) is 8.75. The lowest BCUT2D eigenvalue weighted by Gasteiger charge is -2.44. The van der Waals surface area contributed by atoms with Gasteiger partial charge in [-0.05, 0) is 42.7 Å². The maximum absolute atomic E-state index is 14.0. The molecular weight excluding hydrogens is 562 g/mol. The number of imidazole rings is 1. The first kappa shape index (κ1) is 31.0. The van der Waals surface area contributed by atoms with E-state index in [9.17, 15) is 19.5 Å². The van der Waals surface area contributed by atoms with E-state index < -0.39 is 23.5 Å². The van der Waals surface area contributed by atoms with Crippen LogP contribution in [0.4, 0.5) is 5.69 Å². The highest BCUT2D eigenvalue weighted by Crippen LogP contribution is 2.39. The molecule has 3 aromatic rings. The van der Waals surface area contributed by atoms with Crippen molar-refractivity contribution in [1.82, 2.24) is 24.7 Å². The number of ether oxygens (including phenoxy) is 1. The molecule has 3 amide bonds. The molecule has 4 N–H and O–H groups in total. The average Bonchev–Trinajstić information content (AvgIpc) is 3.57. The van der Waals surface area contributed by atoms with Gasteiger partial charge in [0.1, 0.15) is 17.3 Å². The van der Waals surface area contributed by atoms with E-state index >= 15 is 0 Å². The smallest absolute Gasteiger partial charge is 0.250 e. The normalized spacial score (nSPS) is 17.5. The largest absolute Gasteiger partial charge is 0.497 e. The maximum atomic E-state index is 14.0. The van der Waals surface area contributed by atoms with Gasteiger partial charge in [0.05, 0.1) is 32.8 Å². The molecule has 2 aliphatic rings. The highest BCUT2D eigenvalue weighted by molar-refractivity contribution is 5.94. The molecular formula is C32H41N7O5. The van der Waals surface area contributed by atoms with Crippen LogP contribution in [0.1, 0.15) is 24.1 Å². The second-order valence-electron chi connectivity index (χ2n) is 11.5. The fourth-order valence-electron chi connectivity index (χ4n) is 6.19. The van der Waals surface area contributed by atoms with Crippen molar-refractivity contribution in [2.75, 3.05) is 44.9 Å². The van der Waals surface area contributed by atoms with Crippen molar-refractivity contribution < 1.29 is 24.2 Å². The predicted molar refractivity (Wildman–Crippen MR) is 165 cm³/mol. The van der Waals surface area contributed by atoms with Crippen LogP contribution in [0.15, 0.2) is 67.1 Å². The van der Waals surface area contributed by atoms with Crippen LogP contribution in [-0.2, 0) is 34.3 Å². The number of likely N-dealkylation sites (tertiary alicyclic amines) is 1. The number of β-amino-alcohol motifs (C(OH)–C–C–N with tert-alkyl or cyclic N) is 1. The molecule has 12 heteroatoms. The lowest BCUT2D eigenvalue weighted by atomic mass is 9.85. The number of anilines is 1. The Labute approximate surface area is 257 Å². The molecule has 1 aromatic heterocycles. The third kappa shape index (κ3) is 6.41. The number of aromatic nitrogens is 2. The molecule has 2 atom stereocenters. The van der Waals surface area contributed by atoms with Gasteiger partial charge in [-0.15, -0.1) is 0 Å². The van der Waals surface area contributed by atoms with Crippen LogP contribution in [0.25, 0.3) is 0 Å². The van der Waals surface area contributed by atoms with Crippen LogP contribution in [0.3, 0.4) is 0 Å². The molecule has 2 fully saturated rings. The SMILES string of the molecule is COc1ccc(CC(NC(=O)C(N)Cc2cncn2C)C(=O)N2CCC3(CC2)C(=O)N(CCO)CN3c2ccccc2)cc1. The fraction of sp³-hybridized carbons (Fsp3) is 0.438. The quantitative estimate of drug-likeness (QED) is 0.290. The number of carbonyl (C=O) groups excluding carboxylic acids is 3. The zero-order valence-electron chi connectivity index (χ0n) is 25.3. The van der Waals surface area contributed by atoms with Crippen molar-refractivity contribution in [3.8, 4) is 5.75 Å². The molecule has 2 unspecified atom stereocenters.